The SMILES string of the molecule is O=C1c2cc(CC3=CCC(Cl)N=C3)c3ccccc3c2NCN1C1CC[NH2+]CC1. The molecular weight excluding hydrogens is 384 g/mol. The molecule has 0 bridgehead atoms. The van der Waals surface area contributed by atoms with Gasteiger partial charge in [-0.1, -0.05) is 41.9 Å². The number of piperidine rings is 1. The van der Waals surface area contributed by atoms with Gasteiger partial charge in [-0.2, -0.15) is 0 Å². The summed E-state index contributed by atoms with van der Waals surface area (Å²) >= 11 is 6.08. The molecule has 0 radical (unpaired) electrons. The summed E-state index contributed by atoms with van der Waals surface area (Å²) < 4.78 is 0. The third-order valence-corrected chi connectivity index (χ3v) is 6.56. The lowest BCUT2D eigenvalue weighted by molar-refractivity contribution is -0.663. The van der Waals surface area contributed by atoms with Crippen molar-refractivity contribution in [3.63, 3.8) is 0 Å². The smallest absolute Gasteiger partial charge is 0.257 e. The Bertz CT molecular complexity index is 1010. The fourth-order valence-corrected chi connectivity index (χ4v) is 4.88. The zero-order valence-corrected chi connectivity index (χ0v) is 17.2. The second-order valence-corrected chi connectivity index (χ2v) is 8.62. The maximum absolute atomic E-state index is 13.5. The summed E-state index contributed by atoms with van der Waals surface area (Å²) in [5.41, 5.74) is 3.93. The van der Waals surface area contributed by atoms with Crippen molar-refractivity contribution in [2.75, 3.05) is 25.1 Å². The topological polar surface area (TPSA) is 61.3 Å². The van der Waals surface area contributed by atoms with Gasteiger partial charge < -0.3 is 15.5 Å². The van der Waals surface area contributed by atoms with E-state index in [-0.39, 0.29) is 11.4 Å². The number of fused-ring (bicyclic) bond motifs is 3. The van der Waals surface area contributed by atoms with E-state index in [1.54, 1.807) is 0 Å². The van der Waals surface area contributed by atoms with Crippen molar-refractivity contribution in [1.82, 2.24) is 4.90 Å². The molecule has 5 nitrogen and oxygen atoms in total. The number of halogens is 1. The Morgan fingerprint density at radius 2 is 2.00 bits per heavy atom. The molecule has 1 amide bonds. The molecule has 29 heavy (non-hydrogen) atoms. The Kier molecular flexibility index (Phi) is 5.02. The quantitative estimate of drug-likeness (QED) is 0.604. The number of carbonyl (C=O) groups is 1. The van der Waals surface area contributed by atoms with Gasteiger partial charge in [-0.15, -0.1) is 0 Å². The van der Waals surface area contributed by atoms with Crippen LogP contribution in [-0.2, 0) is 6.42 Å². The Morgan fingerprint density at radius 3 is 2.76 bits per heavy atom. The number of benzene rings is 2. The number of aliphatic imine (C=N–C) groups is 1. The maximum atomic E-state index is 13.5. The van der Waals surface area contributed by atoms with Crippen LogP contribution >= 0.6 is 11.6 Å². The third kappa shape index (κ3) is 3.53. The zero-order valence-electron chi connectivity index (χ0n) is 16.4. The number of nitrogens with one attached hydrogen (secondary N) is 1. The molecular formula is C23H26ClN4O+. The average molecular weight is 410 g/mol. The van der Waals surface area contributed by atoms with Crippen molar-refractivity contribution in [3.05, 3.63) is 53.1 Å². The molecule has 3 aliphatic rings. The molecule has 3 N–H and O–H groups in total. The monoisotopic (exact) mass is 409 g/mol. The van der Waals surface area contributed by atoms with E-state index in [0.29, 0.717) is 12.7 Å². The van der Waals surface area contributed by atoms with Crippen LogP contribution in [0.5, 0.6) is 0 Å². The molecule has 2 aromatic rings. The summed E-state index contributed by atoms with van der Waals surface area (Å²) in [6, 6.07) is 10.8. The second kappa shape index (κ2) is 7.81. The van der Waals surface area contributed by atoms with Gasteiger partial charge in [0.1, 0.15) is 5.50 Å². The van der Waals surface area contributed by atoms with E-state index >= 15 is 0 Å². The number of rotatable bonds is 3. The first-order valence-electron chi connectivity index (χ1n) is 10.5. The highest BCUT2D eigenvalue weighted by molar-refractivity contribution is 6.21. The van der Waals surface area contributed by atoms with Crippen molar-refractivity contribution < 1.29 is 10.1 Å². The van der Waals surface area contributed by atoms with Gasteiger partial charge in [-0.05, 0) is 29.0 Å². The number of carbonyl (C=O) groups excluding carboxylic acids is 1. The van der Waals surface area contributed by atoms with Crippen LogP contribution in [0.15, 0.2) is 47.0 Å². The molecule has 5 rings (SSSR count). The van der Waals surface area contributed by atoms with E-state index < -0.39 is 0 Å². The molecule has 1 atom stereocenters. The molecule has 1 saturated heterocycles. The molecule has 0 aromatic heterocycles. The van der Waals surface area contributed by atoms with Crippen LogP contribution in [0.2, 0.25) is 0 Å². The first-order chi connectivity index (χ1) is 14.2. The second-order valence-electron chi connectivity index (χ2n) is 8.12. The molecule has 0 spiro atoms. The predicted octanol–water partition coefficient (Wildman–Crippen LogP) is 2.90. The number of amides is 1. The average Bonchev–Trinajstić information content (AvgIpc) is 2.77. The first kappa shape index (κ1) is 18.6. The number of alkyl halides is 1. The lowest BCUT2D eigenvalue weighted by atomic mass is 9.92. The van der Waals surface area contributed by atoms with E-state index in [4.69, 9.17) is 11.6 Å². The van der Waals surface area contributed by atoms with Crippen molar-refractivity contribution in [2.45, 2.75) is 37.2 Å². The Hall–Kier alpha value is -2.37. The number of hydrogen-bond donors (Lipinski definition) is 2. The van der Waals surface area contributed by atoms with Gasteiger partial charge in [0.05, 0.1) is 31.0 Å². The van der Waals surface area contributed by atoms with Crippen molar-refractivity contribution in [3.8, 4) is 0 Å². The van der Waals surface area contributed by atoms with Crippen LogP contribution in [0.1, 0.15) is 35.2 Å². The van der Waals surface area contributed by atoms with Gasteiger partial charge in [0.15, 0.2) is 0 Å². The standard InChI is InChI=1S/C23H25ClN4O/c24-21-6-5-15(13-26-21)11-16-12-20-22(19-4-2-1-3-18(16)19)27-14-28(23(20)29)17-7-9-25-10-8-17/h1-5,12-13,17,21,25,27H,6-11,14H2/p+1. The largest absolute Gasteiger partial charge is 0.366 e. The molecule has 6 heteroatoms. The minimum atomic E-state index is -0.161. The summed E-state index contributed by atoms with van der Waals surface area (Å²) in [5.74, 6) is 0.157. The van der Waals surface area contributed by atoms with Crippen LogP contribution in [0.3, 0.4) is 0 Å². The molecule has 0 aliphatic carbocycles. The summed E-state index contributed by atoms with van der Waals surface area (Å²) in [7, 11) is 0. The van der Waals surface area contributed by atoms with E-state index in [9.17, 15) is 4.79 Å². The van der Waals surface area contributed by atoms with Gasteiger partial charge in [0.25, 0.3) is 5.91 Å². The predicted molar refractivity (Wildman–Crippen MR) is 118 cm³/mol. The molecule has 1 unspecified atom stereocenters. The molecule has 0 saturated carbocycles. The van der Waals surface area contributed by atoms with Crippen molar-refractivity contribution >= 4 is 40.2 Å². The summed E-state index contributed by atoms with van der Waals surface area (Å²) in [6.45, 7) is 2.79. The van der Waals surface area contributed by atoms with Gasteiger partial charge in [0, 0.05) is 36.9 Å². The highest BCUT2D eigenvalue weighted by atomic mass is 35.5. The van der Waals surface area contributed by atoms with E-state index in [1.165, 1.54) is 10.9 Å². The van der Waals surface area contributed by atoms with Gasteiger partial charge in [-0.3, -0.25) is 9.79 Å². The number of anilines is 1. The van der Waals surface area contributed by atoms with Gasteiger partial charge in [0.2, 0.25) is 0 Å². The van der Waals surface area contributed by atoms with Crippen LogP contribution in [0.4, 0.5) is 5.69 Å². The molecule has 150 valence electrons. The van der Waals surface area contributed by atoms with E-state index in [0.717, 1.165) is 61.0 Å². The zero-order chi connectivity index (χ0) is 19.8. The molecule has 3 aliphatic heterocycles. The van der Waals surface area contributed by atoms with Crippen molar-refractivity contribution in [2.24, 2.45) is 4.99 Å². The van der Waals surface area contributed by atoms with Crippen LogP contribution in [0, 0.1) is 0 Å². The normalized spacial score (nSPS) is 22.4. The Morgan fingerprint density at radius 1 is 1.21 bits per heavy atom. The number of nitrogens with two attached hydrogens (primary N) is 1. The lowest BCUT2D eigenvalue weighted by Crippen LogP contribution is -2.87. The van der Waals surface area contributed by atoms with Crippen molar-refractivity contribution in [1.29, 1.82) is 0 Å². The molecule has 2 aromatic carbocycles. The molecule has 3 heterocycles. The minimum absolute atomic E-state index is 0.157. The fourth-order valence-electron chi connectivity index (χ4n) is 4.74. The lowest BCUT2D eigenvalue weighted by Gasteiger charge is -2.38. The third-order valence-electron chi connectivity index (χ3n) is 6.27. The minimum Gasteiger partial charge on any atom is -0.366 e. The number of dihydropyridines is 1. The van der Waals surface area contributed by atoms with Crippen LogP contribution in [0.25, 0.3) is 10.8 Å². The number of allylic oxidation sites excluding steroid dienone is 1. The van der Waals surface area contributed by atoms with Gasteiger partial charge in [-0.25, -0.2) is 0 Å². The number of hydrogen-bond acceptors (Lipinski definition) is 3. The number of quaternary nitrogens is 1. The number of nitrogens with zero attached hydrogens (tertiary/aromatic N) is 2. The summed E-state index contributed by atoms with van der Waals surface area (Å²) in [6.07, 6.45) is 7.66. The highest BCUT2D eigenvalue weighted by Crippen LogP contribution is 2.35. The Labute approximate surface area is 175 Å². The summed E-state index contributed by atoms with van der Waals surface area (Å²) in [5, 5.41) is 8.20. The van der Waals surface area contributed by atoms with Crippen LogP contribution in [-0.4, -0.2) is 48.3 Å². The summed E-state index contributed by atoms with van der Waals surface area (Å²) in [4.78, 5) is 19.8. The maximum Gasteiger partial charge on any atom is 0.257 e. The first-order valence-corrected chi connectivity index (χ1v) is 10.9. The van der Waals surface area contributed by atoms with Gasteiger partial charge >= 0.3 is 0 Å². The Balaban J connectivity index is 1.54. The van der Waals surface area contributed by atoms with E-state index in [1.807, 2.05) is 17.2 Å². The van der Waals surface area contributed by atoms with E-state index in [2.05, 4.69) is 46.0 Å². The molecule has 1 fully saturated rings. The van der Waals surface area contributed by atoms with Crippen LogP contribution < -0.4 is 10.6 Å². The highest BCUT2D eigenvalue weighted by Gasteiger charge is 2.33. The fraction of sp³-hybridized carbons (Fsp3) is 0.391.